The molecule has 1 atom stereocenters. The van der Waals surface area contributed by atoms with Gasteiger partial charge in [0.15, 0.2) is 0 Å². The number of nitrogens with one attached hydrogen (secondary N) is 2. The van der Waals surface area contributed by atoms with Crippen molar-refractivity contribution in [2.45, 2.75) is 42.6 Å². The number of alkyl halides is 3. The Labute approximate surface area is 148 Å². The lowest BCUT2D eigenvalue weighted by Crippen LogP contribution is -2.49. The molecule has 1 aromatic carbocycles. The lowest BCUT2D eigenvalue weighted by Gasteiger charge is -2.27. The fraction of sp³-hybridized carbons (Fsp3) is 0.500. The van der Waals surface area contributed by atoms with Crippen LogP contribution in [0.4, 0.5) is 5.69 Å². The molecular weight excluding hydrogens is 398 g/mol. The molecule has 0 bridgehead atoms. The van der Waals surface area contributed by atoms with Gasteiger partial charge in [0.25, 0.3) is 0 Å². The second-order valence-corrected chi connectivity index (χ2v) is 7.94. The Morgan fingerprint density at radius 3 is 2.38 bits per heavy atom. The van der Waals surface area contributed by atoms with E-state index in [0.29, 0.717) is 6.42 Å². The fourth-order valence-corrected chi connectivity index (χ4v) is 2.27. The lowest BCUT2D eigenvalue weighted by atomic mass is 10.2. The van der Waals surface area contributed by atoms with Gasteiger partial charge in [0.05, 0.1) is 0 Å². The largest absolute Gasteiger partial charge is 0.362 e. The molecule has 2 N–H and O–H groups in total. The van der Waals surface area contributed by atoms with Crippen LogP contribution in [0.5, 0.6) is 0 Å². The number of carbonyl (C=O) groups excluding carboxylic acids is 1. The molecule has 0 saturated heterocycles. The number of halogens is 4. The van der Waals surface area contributed by atoms with E-state index in [9.17, 15) is 4.79 Å². The molecule has 21 heavy (non-hydrogen) atoms. The molecule has 1 amide bonds. The van der Waals surface area contributed by atoms with Gasteiger partial charge in [-0.3, -0.25) is 4.79 Å². The molecule has 7 heteroatoms. The summed E-state index contributed by atoms with van der Waals surface area (Å²) in [5.41, 5.74) is 0.753. The maximum atomic E-state index is 11.9. The van der Waals surface area contributed by atoms with Crippen LogP contribution in [0.2, 0.25) is 0 Å². The van der Waals surface area contributed by atoms with Crippen molar-refractivity contribution in [3.63, 3.8) is 0 Å². The first-order valence-corrected chi connectivity index (χ1v) is 8.63. The summed E-state index contributed by atoms with van der Waals surface area (Å²) in [5, 5.41) is 5.74. The summed E-state index contributed by atoms with van der Waals surface area (Å²) < 4.78 is -0.699. The van der Waals surface area contributed by atoms with Gasteiger partial charge in [0.1, 0.15) is 6.17 Å². The zero-order valence-corrected chi connectivity index (χ0v) is 15.5. The van der Waals surface area contributed by atoms with Gasteiger partial charge in [-0.15, -0.1) is 0 Å². The van der Waals surface area contributed by atoms with Crippen LogP contribution in [-0.4, -0.2) is 15.9 Å². The highest BCUT2D eigenvalue weighted by molar-refractivity contribution is 9.10. The van der Waals surface area contributed by atoms with E-state index < -0.39 is 9.96 Å². The van der Waals surface area contributed by atoms with Crippen molar-refractivity contribution < 1.29 is 4.79 Å². The Kier molecular flexibility index (Phi) is 8.17. The first-order chi connectivity index (χ1) is 9.82. The van der Waals surface area contributed by atoms with Crippen LogP contribution in [-0.2, 0) is 4.79 Å². The molecule has 0 spiro atoms. The van der Waals surface area contributed by atoms with Crippen LogP contribution in [0.1, 0.15) is 32.6 Å². The lowest BCUT2D eigenvalue weighted by molar-refractivity contribution is -0.121. The molecule has 0 aliphatic carbocycles. The first-order valence-electron chi connectivity index (χ1n) is 6.71. The quantitative estimate of drug-likeness (QED) is 0.362. The van der Waals surface area contributed by atoms with Gasteiger partial charge >= 0.3 is 0 Å². The molecule has 0 aliphatic heterocycles. The number of anilines is 1. The third kappa shape index (κ3) is 7.59. The predicted molar refractivity (Wildman–Crippen MR) is 94.1 cm³/mol. The number of hydrogen-bond acceptors (Lipinski definition) is 2. The van der Waals surface area contributed by atoms with Crippen molar-refractivity contribution in [3.05, 3.63) is 28.7 Å². The van der Waals surface area contributed by atoms with Gasteiger partial charge in [-0.1, -0.05) is 70.5 Å². The second-order valence-electron chi connectivity index (χ2n) is 4.65. The van der Waals surface area contributed by atoms with E-state index in [1.165, 1.54) is 0 Å². The molecule has 0 aliphatic rings. The van der Waals surface area contributed by atoms with E-state index in [1.54, 1.807) is 0 Å². The van der Waals surface area contributed by atoms with E-state index in [1.807, 2.05) is 24.3 Å². The van der Waals surface area contributed by atoms with Crippen molar-refractivity contribution in [1.29, 1.82) is 0 Å². The molecular formula is C14H18BrCl3N2O. The number of rotatable bonds is 7. The minimum absolute atomic E-state index is 0.135. The van der Waals surface area contributed by atoms with Crippen LogP contribution in [0.25, 0.3) is 0 Å². The Balaban J connectivity index is 2.64. The van der Waals surface area contributed by atoms with Gasteiger partial charge in [0.2, 0.25) is 9.70 Å². The maximum absolute atomic E-state index is 11.9. The van der Waals surface area contributed by atoms with Crippen molar-refractivity contribution in [3.8, 4) is 0 Å². The first kappa shape index (κ1) is 18.9. The zero-order chi connectivity index (χ0) is 15.9. The minimum atomic E-state index is -1.65. The predicted octanol–water partition coefficient (Wildman–Crippen LogP) is 5.25. The summed E-state index contributed by atoms with van der Waals surface area (Å²) in [5.74, 6) is -0.135. The number of benzene rings is 1. The summed E-state index contributed by atoms with van der Waals surface area (Å²) in [6.07, 6.45) is 2.52. The van der Waals surface area contributed by atoms with Crippen molar-refractivity contribution in [1.82, 2.24) is 5.32 Å². The van der Waals surface area contributed by atoms with E-state index in [2.05, 4.69) is 33.5 Å². The van der Waals surface area contributed by atoms with Crippen molar-refractivity contribution >= 4 is 62.3 Å². The van der Waals surface area contributed by atoms with Crippen LogP contribution in [0.15, 0.2) is 28.7 Å². The van der Waals surface area contributed by atoms with E-state index in [-0.39, 0.29) is 5.91 Å². The monoisotopic (exact) mass is 414 g/mol. The highest BCUT2D eigenvalue weighted by Gasteiger charge is 2.33. The number of amides is 1. The fourth-order valence-electron chi connectivity index (χ4n) is 1.68. The summed E-state index contributed by atoms with van der Waals surface area (Å²) in [6, 6.07) is 7.38. The number of hydrogen-bond donors (Lipinski definition) is 2. The molecule has 0 fully saturated rings. The van der Waals surface area contributed by atoms with Gasteiger partial charge in [-0.2, -0.15) is 0 Å². The molecule has 0 saturated carbocycles. The number of unbranched alkanes of at least 4 members (excludes halogenated alkanes) is 2. The summed E-state index contributed by atoms with van der Waals surface area (Å²) in [7, 11) is 0. The topological polar surface area (TPSA) is 41.1 Å². The second kappa shape index (κ2) is 9.09. The molecule has 0 heterocycles. The molecule has 118 valence electrons. The molecule has 0 aromatic heterocycles. The molecule has 3 nitrogen and oxygen atoms in total. The van der Waals surface area contributed by atoms with Gasteiger partial charge in [0, 0.05) is 16.6 Å². The Morgan fingerprint density at radius 1 is 1.24 bits per heavy atom. The van der Waals surface area contributed by atoms with Crippen LogP contribution in [0, 0.1) is 0 Å². The SMILES string of the molecule is CCCCCC(=O)N[C@@H](Nc1ccc(Br)cc1)C(Cl)(Cl)Cl. The number of carbonyl (C=O) groups is 1. The Bertz CT molecular complexity index is 449. The van der Waals surface area contributed by atoms with E-state index in [4.69, 9.17) is 34.8 Å². The normalized spacial score (nSPS) is 12.8. The maximum Gasteiger partial charge on any atom is 0.228 e. The summed E-state index contributed by atoms with van der Waals surface area (Å²) in [4.78, 5) is 11.9. The van der Waals surface area contributed by atoms with Crippen molar-refractivity contribution in [2.75, 3.05) is 5.32 Å². The van der Waals surface area contributed by atoms with Crippen LogP contribution in [0.3, 0.4) is 0 Å². The average Bonchev–Trinajstić information content (AvgIpc) is 2.40. The van der Waals surface area contributed by atoms with Crippen LogP contribution >= 0.6 is 50.7 Å². The smallest absolute Gasteiger partial charge is 0.228 e. The van der Waals surface area contributed by atoms with Gasteiger partial charge in [-0.05, 0) is 30.7 Å². The highest BCUT2D eigenvalue weighted by atomic mass is 79.9. The van der Waals surface area contributed by atoms with Crippen LogP contribution < -0.4 is 10.6 Å². The van der Waals surface area contributed by atoms with Gasteiger partial charge < -0.3 is 10.6 Å². The third-order valence-electron chi connectivity index (χ3n) is 2.80. The molecule has 0 unspecified atom stereocenters. The summed E-state index contributed by atoms with van der Waals surface area (Å²) in [6.45, 7) is 2.08. The minimum Gasteiger partial charge on any atom is -0.362 e. The molecule has 0 radical (unpaired) electrons. The van der Waals surface area contributed by atoms with E-state index >= 15 is 0 Å². The highest BCUT2D eigenvalue weighted by Crippen LogP contribution is 2.31. The average molecular weight is 417 g/mol. The third-order valence-corrected chi connectivity index (χ3v) is 3.98. The van der Waals surface area contributed by atoms with Crippen molar-refractivity contribution in [2.24, 2.45) is 0 Å². The van der Waals surface area contributed by atoms with E-state index in [0.717, 1.165) is 29.4 Å². The van der Waals surface area contributed by atoms with Gasteiger partial charge in [-0.25, -0.2) is 0 Å². The zero-order valence-electron chi connectivity index (χ0n) is 11.6. The Hall–Kier alpha value is -0.160. The Morgan fingerprint density at radius 2 is 1.86 bits per heavy atom. The standard InChI is InChI=1S/C14H18BrCl3N2O/c1-2-3-4-5-12(21)20-13(14(16,17)18)19-11-8-6-10(15)7-9-11/h6-9,13,19H,2-5H2,1H3,(H,20,21)/t13-/m1/s1. The molecule has 1 aromatic rings. The summed E-state index contributed by atoms with van der Waals surface area (Å²) >= 11 is 21.1. The molecule has 1 rings (SSSR count).